The average molecular weight is 291 g/mol. The van der Waals surface area contributed by atoms with Gasteiger partial charge in [-0.25, -0.2) is 0 Å². The predicted molar refractivity (Wildman–Crippen MR) is 94.2 cm³/mol. The van der Waals surface area contributed by atoms with Gasteiger partial charge in [-0.05, 0) is 50.7 Å². The fourth-order valence-corrected chi connectivity index (χ4v) is 2.35. The standard InChI is InChI=1S/C18H33N3/c1-7-10-21(12-11-20(5)6)18-9-8-17(16(4)13-18)14-19-15(2)3/h8-9,13,15,19H,7,10-12,14H2,1-6H3. The van der Waals surface area contributed by atoms with Gasteiger partial charge in [0.1, 0.15) is 0 Å². The first-order chi connectivity index (χ1) is 9.93. The van der Waals surface area contributed by atoms with Gasteiger partial charge in [0.05, 0.1) is 0 Å². The minimum absolute atomic E-state index is 0.528. The van der Waals surface area contributed by atoms with Gasteiger partial charge in [0, 0.05) is 37.9 Å². The summed E-state index contributed by atoms with van der Waals surface area (Å²) in [6.45, 7) is 13.1. The zero-order valence-corrected chi connectivity index (χ0v) is 14.7. The van der Waals surface area contributed by atoms with Crippen LogP contribution in [0.15, 0.2) is 18.2 Å². The van der Waals surface area contributed by atoms with Crippen molar-refractivity contribution in [1.29, 1.82) is 0 Å². The van der Waals surface area contributed by atoms with Crippen LogP contribution < -0.4 is 10.2 Å². The molecule has 1 aromatic rings. The largest absolute Gasteiger partial charge is 0.370 e. The van der Waals surface area contributed by atoms with Crippen LogP contribution in [0.3, 0.4) is 0 Å². The van der Waals surface area contributed by atoms with Crippen molar-refractivity contribution in [2.45, 2.75) is 46.7 Å². The lowest BCUT2D eigenvalue weighted by Gasteiger charge is -2.27. The second-order valence-electron chi connectivity index (χ2n) is 6.44. The van der Waals surface area contributed by atoms with Crippen molar-refractivity contribution >= 4 is 5.69 Å². The van der Waals surface area contributed by atoms with Crippen LogP contribution in [0.25, 0.3) is 0 Å². The summed E-state index contributed by atoms with van der Waals surface area (Å²) < 4.78 is 0. The molecule has 0 spiro atoms. The molecule has 1 aromatic carbocycles. The van der Waals surface area contributed by atoms with E-state index in [1.807, 2.05) is 0 Å². The molecule has 1 rings (SSSR count). The van der Waals surface area contributed by atoms with Crippen molar-refractivity contribution in [1.82, 2.24) is 10.2 Å². The molecule has 0 saturated heterocycles. The van der Waals surface area contributed by atoms with E-state index in [2.05, 4.69) is 75.1 Å². The third-order valence-electron chi connectivity index (χ3n) is 3.70. The van der Waals surface area contributed by atoms with E-state index in [4.69, 9.17) is 0 Å². The van der Waals surface area contributed by atoms with Crippen LogP contribution in [0.5, 0.6) is 0 Å². The lowest BCUT2D eigenvalue weighted by atomic mass is 10.1. The summed E-state index contributed by atoms with van der Waals surface area (Å²) in [6.07, 6.45) is 1.18. The van der Waals surface area contributed by atoms with Gasteiger partial charge in [-0.1, -0.05) is 26.8 Å². The Morgan fingerprint density at radius 1 is 1.10 bits per heavy atom. The highest BCUT2D eigenvalue weighted by Gasteiger charge is 2.08. The summed E-state index contributed by atoms with van der Waals surface area (Å²) in [6, 6.07) is 7.41. The number of nitrogens with one attached hydrogen (secondary N) is 1. The lowest BCUT2D eigenvalue weighted by Crippen LogP contribution is -2.32. The summed E-state index contributed by atoms with van der Waals surface area (Å²) >= 11 is 0. The first-order valence-corrected chi connectivity index (χ1v) is 8.16. The monoisotopic (exact) mass is 291 g/mol. The summed E-state index contributed by atoms with van der Waals surface area (Å²) in [4.78, 5) is 4.74. The number of nitrogens with zero attached hydrogens (tertiary/aromatic N) is 2. The molecule has 3 heteroatoms. The van der Waals surface area contributed by atoms with Gasteiger partial charge < -0.3 is 15.1 Å². The van der Waals surface area contributed by atoms with Crippen molar-refractivity contribution in [3.8, 4) is 0 Å². The van der Waals surface area contributed by atoms with Crippen molar-refractivity contribution in [3.05, 3.63) is 29.3 Å². The molecule has 0 aliphatic rings. The maximum atomic E-state index is 3.50. The summed E-state index contributed by atoms with van der Waals surface area (Å²) in [5, 5.41) is 3.50. The van der Waals surface area contributed by atoms with Gasteiger partial charge in [0.2, 0.25) is 0 Å². The topological polar surface area (TPSA) is 18.5 Å². The smallest absolute Gasteiger partial charge is 0.0369 e. The van der Waals surface area contributed by atoms with Crippen molar-refractivity contribution in [2.24, 2.45) is 0 Å². The van der Waals surface area contributed by atoms with Gasteiger partial charge in [-0.15, -0.1) is 0 Å². The van der Waals surface area contributed by atoms with E-state index in [-0.39, 0.29) is 0 Å². The Kier molecular flexibility index (Phi) is 7.76. The number of likely N-dealkylation sites (N-methyl/N-ethyl adjacent to an activating group) is 1. The molecule has 0 aliphatic heterocycles. The molecular weight excluding hydrogens is 258 g/mol. The molecule has 3 nitrogen and oxygen atoms in total. The number of hydrogen-bond donors (Lipinski definition) is 1. The van der Waals surface area contributed by atoms with Crippen LogP contribution in [0.2, 0.25) is 0 Å². The van der Waals surface area contributed by atoms with Crippen LogP contribution in [0.1, 0.15) is 38.3 Å². The molecule has 0 amide bonds. The zero-order chi connectivity index (χ0) is 15.8. The van der Waals surface area contributed by atoms with Gasteiger partial charge in [-0.2, -0.15) is 0 Å². The van der Waals surface area contributed by atoms with E-state index in [1.165, 1.54) is 23.2 Å². The molecule has 120 valence electrons. The Morgan fingerprint density at radius 3 is 2.33 bits per heavy atom. The maximum absolute atomic E-state index is 3.50. The summed E-state index contributed by atoms with van der Waals surface area (Å²) in [5.74, 6) is 0. The van der Waals surface area contributed by atoms with Crippen LogP contribution in [0, 0.1) is 6.92 Å². The van der Waals surface area contributed by atoms with Crippen LogP contribution >= 0.6 is 0 Å². The maximum Gasteiger partial charge on any atom is 0.0369 e. The van der Waals surface area contributed by atoms with E-state index in [0.717, 1.165) is 26.2 Å². The minimum atomic E-state index is 0.528. The highest BCUT2D eigenvalue weighted by molar-refractivity contribution is 5.51. The molecule has 0 unspecified atom stereocenters. The number of benzene rings is 1. The van der Waals surface area contributed by atoms with Crippen LogP contribution in [0.4, 0.5) is 5.69 Å². The normalized spacial score (nSPS) is 11.4. The van der Waals surface area contributed by atoms with Crippen LogP contribution in [-0.4, -0.2) is 44.7 Å². The summed E-state index contributed by atoms with van der Waals surface area (Å²) in [7, 11) is 4.27. The highest BCUT2D eigenvalue weighted by atomic mass is 15.2. The van der Waals surface area contributed by atoms with Gasteiger partial charge >= 0.3 is 0 Å². The first kappa shape index (κ1) is 18.0. The third-order valence-corrected chi connectivity index (χ3v) is 3.70. The van der Waals surface area contributed by atoms with Gasteiger partial charge in [0.25, 0.3) is 0 Å². The van der Waals surface area contributed by atoms with Crippen molar-refractivity contribution < 1.29 is 0 Å². The third kappa shape index (κ3) is 6.49. The second kappa shape index (κ2) is 9.06. The quantitative estimate of drug-likeness (QED) is 0.753. The van der Waals surface area contributed by atoms with E-state index in [9.17, 15) is 0 Å². The molecule has 0 radical (unpaired) electrons. The summed E-state index contributed by atoms with van der Waals surface area (Å²) in [5.41, 5.74) is 4.13. The molecule has 0 atom stereocenters. The predicted octanol–water partition coefficient (Wildman–Crippen LogP) is 3.27. The first-order valence-electron chi connectivity index (χ1n) is 8.16. The zero-order valence-electron chi connectivity index (χ0n) is 14.7. The Bertz CT molecular complexity index is 413. The SMILES string of the molecule is CCCN(CCN(C)C)c1ccc(CNC(C)C)c(C)c1. The van der Waals surface area contributed by atoms with Gasteiger partial charge in [0.15, 0.2) is 0 Å². The number of rotatable bonds is 9. The number of anilines is 1. The molecule has 0 bridgehead atoms. The molecule has 0 saturated carbocycles. The molecule has 0 heterocycles. The van der Waals surface area contributed by atoms with E-state index < -0.39 is 0 Å². The highest BCUT2D eigenvalue weighted by Crippen LogP contribution is 2.19. The Hall–Kier alpha value is -1.06. The number of hydrogen-bond acceptors (Lipinski definition) is 3. The van der Waals surface area contributed by atoms with Crippen LogP contribution in [-0.2, 0) is 6.54 Å². The molecule has 1 N–H and O–H groups in total. The van der Waals surface area contributed by atoms with Crippen molar-refractivity contribution in [3.63, 3.8) is 0 Å². The lowest BCUT2D eigenvalue weighted by molar-refractivity contribution is 0.413. The molecule has 0 fully saturated rings. The molecular formula is C18H33N3. The molecule has 0 aromatic heterocycles. The van der Waals surface area contributed by atoms with E-state index in [0.29, 0.717) is 6.04 Å². The Labute approximate surface area is 131 Å². The minimum Gasteiger partial charge on any atom is -0.370 e. The average Bonchev–Trinajstić information content (AvgIpc) is 2.41. The molecule has 0 aliphatic carbocycles. The fourth-order valence-electron chi connectivity index (χ4n) is 2.35. The van der Waals surface area contributed by atoms with E-state index >= 15 is 0 Å². The Balaban J connectivity index is 2.77. The van der Waals surface area contributed by atoms with E-state index in [1.54, 1.807) is 0 Å². The second-order valence-corrected chi connectivity index (χ2v) is 6.44. The number of aryl methyl sites for hydroxylation is 1. The van der Waals surface area contributed by atoms with Gasteiger partial charge in [-0.3, -0.25) is 0 Å². The van der Waals surface area contributed by atoms with Crippen molar-refractivity contribution in [2.75, 3.05) is 38.6 Å². The Morgan fingerprint density at radius 2 is 1.81 bits per heavy atom. The fraction of sp³-hybridized carbons (Fsp3) is 0.667. The molecule has 21 heavy (non-hydrogen) atoms.